The SMILES string of the molecule is CS(=O)(=O)c1ccc(CC2Cc3c(ncn(C4CCOCC4)c3=O)-c3ccccc32)cn1. The molecule has 8 heteroatoms. The van der Waals surface area contributed by atoms with Crippen LogP contribution in [0, 0.1) is 0 Å². The fourth-order valence-electron chi connectivity index (χ4n) is 4.79. The number of rotatable bonds is 4. The van der Waals surface area contributed by atoms with Gasteiger partial charge in [-0.15, -0.1) is 0 Å². The first-order valence-electron chi connectivity index (χ1n) is 10.8. The second kappa shape index (κ2) is 8.26. The Morgan fingerprint density at radius 3 is 2.59 bits per heavy atom. The number of nitrogens with zero attached hydrogens (tertiary/aromatic N) is 3. The van der Waals surface area contributed by atoms with Crippen LogP contribution in [0.5, 0.6) is 0 Å². The van der Waals surface area contributed by atoms with E-state index in [4.69, 9.17) is 9.72 Å². The van der Waals surface area contributed by atoms with E-state index in [-0.39, 0.29) is 22.5 Å². The van der Waals surface area contributed by atoms with Gasteiger partial charge in [-0.2, -0.15) is 0 Å². The van der Waals surface area contributed by atoms with Gasteiger partial charge in [-0.1, -0.05) is 30.3 Å². The molecule has 1 fully saturated rings. The maximum Gasteiger partial charge on any atom is 0.257 e. The van der Waals surface area contributed by atoms with Crippen LogP contribution in [0.3, 0.4) is 0 Å². The van der Waals surface area contributed by atoms with Crippen molar-refractivity contribution < 1.29 is 13.2 Å². The third-order valence-electron chi connectivity index (χ3n) is 6.44. The van der Waals surface area contributed by atoms with Gasteiger partial charge in [0.05, 0.1) is 12.0 Å². The Morgan fingerprint density at radius 1 is 1.09 bits per heavy atom. The summed E-state index contributed by atoms with van der Waals surface area (Å²) in [4.78, 5) is 22.3. The molecule has 2 aliphatic rings. The summed E-state index contributed by atoms with van der Waals surface area (Å²) in [6.45, 7) is 1.33. The lowest BCUT2D eigenvalue weighted by Crippen LogP contribution is -2.33. The van der Waals surface area contributed by atoms with Gasteiger partial charge in [0, 0.05) is 42.8 Å². The molecular weight excluding hydrogens is 426 g/mol. The zero-order chi connectivity index (χ0) is 22.3. The van der Waals surface area contributed by atoms with Crippen molar-refractivity contribution in [2.75, 3.05) is 19.5 Å². The van der Waals surface area contributed by atoms with Crippen molar-refractivity contribution in [2.24, 2.45) is 0 Å². The second-order valence-electron chi connectivity index (χ2n) is 8.60. The van der Waals surface area contributed by atoms with Crippen molar-refractivity contribution in [3.05, 3.63) is 76.0 Å². The Balaban J connectivity index is 1.51. The average Bonchev–Trinajstić information content (AvgIpc) is 2.80. The molecule has 0 N–H and O–H groups in total. The molecule has 32 heavy (non-hydrogen) atoms. The molecule has 1 aliphatic carbocycles. The maximum absolute atomic E-state index is 13.5. The number of benzene rings is 1. The van der Waals surface area contributed by atoms with E-state index in [0.29, 0.717) is 26.1 Å². The predicted molar refractivity (Wildman–Crippen MR) is 121 cm³/mol. The lowest BCUT2D eigenvalue weighted by Gasteiger charge is -2.29. The maximum atomic E-state index is 13.5. The fourth-order valence-corrected chi connectivity index (χ4v) is 5.35. The van der Waals surface area contributed by atoms with Gasteiger partial charge in [0.25, 0.3) is 5.56 Å². The summed E-state index contributed by atoms with van der Waals surface area (Å²) in [6, 6.07) is 11.6. The van der Waals surface area contributed by atoms with Crippen LogP contribution in [0.15, 0.2) is 58.7 Å². The first kappa shape index (κ1) is 21.0. The normalized spacial score (nSPS) is 18.7. The van der Waals surface area contributed by atoms with Gasteiger partial charge in [-0.05, 0) is 48.8 Å². The monoisotopic (exact) mass is 451 g/mol. The van der Waals surface area contributed by atoms with Crippen molar-refractivity contribution >= 4 is 9.84 Å². The number of fused-ring (bicyclic) bond motifs is 3. The van der Waals surface area contributed by atoms with Crippen LogP contribution >= 0.6 is 0 Å². The van der Waals surface area contributed by atoms with E-state index < -0.39 is 9.84 Å². The summed E-state index contributed by atoms with van der Waals surface area (Å²) in [6.07, 6.45) is 7.37. The number of ether oxygens (including phenoxy) is 1. The van der Waals surface area contributed by atoms with Gasteiger partial charge >= 0.3 is 0 Å². The van der Waals surface area contributed by atoms with Crippen LogP contribution < -0.4 is 5.56 Å². The van der Waals surface area contributed by atoms with Crippen LogP contribution in [-0.4, -0.2) is 42.4 Å². The molecule has 3 heterocycles. The highest BCUT2D eigenvalue weighted by Crippen LogP contribution is 2.39. The molecule has 3 aromatic rings. The van der Waals surface area contributed by atoms with E-state index >= 15 is 0 Å². The number of aromatic nitrogens is 3. The van der Waals surface area contributed by atoms with Gasteiger partial charge < -0.3 is 4.74 Å². The van der Waals surface area contributed by atoms with E-state index in [1.165, 1.54) is 0 Å². The minimum absolute atomic E-state index is 0.0342. The molecule has 166 valence electrons. The third-order valence-corrected chi connectivity index (χ3v) is 7.44. The van der Waals surface area contributed by atoms with E-state index in [1.807, 2.05) is 24.3 Å². The zero-order valence-electron chi connectivity index (χ0n) is 17.9. The molecule has 1 saturated heterocycles. The Kier molecular flexibility index (Phi) is 5.43. The van der Waals surface area contributed by atoms with Crippen LogP contribution in [0.2, 0.25) is 0 Å². The number of sulfone groups is 1. The molecular formula is C24H25N3O4S. The summed E-state index contributed by atoms with van der Waals surface area (Å²) in [5.41, 5.74) is 4.65. The Labute approximate surface area is 187 Å². The summed E-state index contributed by atoms with van der Waals surface area (Å²) in [5.74, 6) is 0.0876. The standard InChI is InChI=1S/C24H25N3O4S/c1-32(29,30)22-7-6-16(14-25-22)12-17-13-21-23(20-5-3-2-4-19(17)20)26-15-27(24(21)28)18-8-10-31-11-9-18/h2-7,14-15,17-18H,8-13H2,1H3. The van der Waals surface area contributed by atoms with Crippen LogP contribution in [0.25, 0.3) is 11.3 Å². The average molecular weight is 452 g/mol. The summed E-state index contributed by atoms with van der Waals surface area (Å²) < 4.78 is 30.7. The topological polar surface area (TPSA) is 91.1 Å². The van der Waals surface area contributed by atoms with Crippen molar-refractivity contribution in [2.45, 2.75) is 42.7 Å². The number of hydrogen-bond donors (Lipinski definition) is 0. The molecule has 0 bridgehead atoms. The minimum Gasteiger partial charge on any atom is -0.381 e. The Bertz CT molecular complexity index is 1310. The van der Waals surface area contributed by atoms with Crippen molar-refractivity contribution in [3.8, 4) is 11.3 Å². The predicted octanol–water partition coefficient (Wildman–Crippen LogP) is 2.94. The molecule has 1 unspecified atom stereocenters. The molecule has 1 aromatic carbocycles. The highest BCUT2D eigenvalue weighted by molar-refractivity contribution is 7.90. The summed E-state index contributed by atoms with van der Waals surface area (Å²) in [7, 11) is -3.33. The molecule has 0 radical (unpaired) electrons. The minimum atomic E-state index is -3.33. The summed E-state index contributed by atoms with van der Waals surface area (Å²) >= 11 is 0. The molecule has 2 aromatic heterocycles. The number of pyridine rings is 1. The van der Waals surface area contributed by atoms with E-state index in [9.17, 15) is 13.2 Å². The molecule has 0 spiro atoms. The first-order chi connectivity index (χ1) is 15.4. The highest BCUT2D eigenvalue weighted by Gasteiger charge is 2.29. The molecule has 1 atom stereocenters. The van der Waals surface area contributed by atoms with Crippen LogP contribution in [0.4, 0.5) is 0 Å². The second-order valence-corrected chi connectivity index (χ2v) is 10.6. The van der Waals surface area contributed by atoms with Gasteiger partial charge in [0.1, 0.15) is 0 Å². The van der Waals surface area contributed by atoms with Gasteiger partial charge in [0.15, 0.2) is 14.9 Å². The zero-order valence-corrected chi connectivity index (χ0v) is 18.7. The van der Waals surface area contributed by atoms with Crippen LogP contribution in [0.1, 0.15) is 41.5 Å². The van der Waals surface area contributed by atoms with E-state index in [1.54, 1.807) is 23.2 Å². The van der Waals surface area contributed by atoms with Crippen molar-refractivity contribution in [1.29, 1.82) is 0 Å². The lowest BCUT2D eigenvalue weighted by molar-refractivity contribution is 0.0683. The fraction of sp³-hybridized carbons (Fsp3) is 0.375. The highest BCUT2D eigenvalue weighted by atomic mass is 32.2. The quantitative estimate of drug-likeness (QED) is 0.606. The Morgan fingerprint density at radius 2 is 1.88 bits per heavy atom. The van der Waals surface area contributed by atoms with Gasteiger partial charge in [-0.3, -0.25) is 9.36 Å². The molecule has 0 saturated carbocycles. The largest absolute Gasteiger partial charge is 0.381 e. The van der Waals surface area contributed by atoms with E-state index in [2.05, 4.69) is 11.1 Å². The smallest absolute Gasteiger partial charge is 0.257 e. The first-order valence-corrected chi connectivity index (χ1v) is 12.7. The van der Waals surface area contributed by atoms with Gasteiger partial charge in [0.2, 0.25) is 0 Å². The molecule has 7 nitrogen and oxygen atoms in total. The molecule has 0 amide bonds. The van der Waals surface area contributed by atoms with E-state index in [0.717, 1.165) is 47.0 Å². The number of hydrogen-bond acceptors (Lipinski definition) is 6. The molecule has 5 rings (SSSR count). The lowest BCUT2D eigenvalue weighted by atomic mass is 9.78. The van der Waals surface area contributed by atoms with Crippen molar-refractivity contribution in [1.82, 2.24) is 14.5 Å². The third kappa shape index (κ3) is 3.89. The summed E-state index contributed by atoms with van der Waals surface area (Å²) in [5, 5.41) is 0.0687. The van der Waals surface area contributed by atoms with Crippen LogP contribution in [-0.2, 0) is 27.4 Å². The van der Waals surface area contributed by atoms with Crippen molar-refractivity contribution in [3.63, 3.8) is 0 Å². The Hall–Kier alpha value is -2.84. The molecule has 1 aliphatic heterocycles. The van der Waals surface area contributed by atoms with Gasteiger partial charge in [-0.25, -0.2) is 18.4 Å².